The molecule has 0 bridgehead atoms. The van der Waals surface area contributed by atoms with Crippen LogP contribution in [-0.2, 0) is 12.8 Å². The third kappa shape index (κ3) is 2.78. The van der Waals surface area contributed by atoms with E-state index in [2.05, 4.69) is 6.07 Å². The van der Waals surface area contributed by atoms with E-state index in [1.807, 2.05) is 12.1 Å². The molecule has 0 aliphatic heterocycles. The van der Waals surface area contributed by atoms with Gasteiger partial charge in [-0.1, -0.05) is 18.2 Å². The quantitative estimate of drug-likeness (QED) is 0.735. The fraction of sp³-hybridized carbons (Fsp3) is 0.133. The van der Waals surface area contributed by atoms with Gasteiger partial charge in [-0.05, 0) is 42.2 Å². The van der Waals surface area contributed by atoms with Crippen molar-refractivity contribution in [2.75, 3.05) is 0 Å². The smallest absolute Gasteiger partial charge is 0.200 e. The molecule has 0 unspecified atom stereocenters. The van der Waals surface area contributed by atoms with E-state index in [4.69, 9.17) is 5.26 Å². The zero-order valence-electron chi connectivity index (χ0n) is 10.2. The van der Waals surface area contributed by atoms with E-state index in [1.54, 1.807) is 18.2 Å². The van der Waals surface area contributed by atoms with Gasteiger partial charge in [0.15, 0.2) is 11.5 Å². The van der Waals surface area contributed by atoms with Crippen LogP contribution in [0.5, 0.6) is 17.2 Å². The van der Waals surface area contributed by atoms with Crippen molar-refractivity contribution >= 4 is 0 Å². The minimum Gasteiger partial charge on any atom is -0.504 e. The number of nitrogens with zero attached hydrogens (tertiary/aromatic N) is 1. The molecule has 0 spiro atoms. The summed E-state index contributed by atoms with van der Waals surface area (Å²) in [7, 11) is 0. The normalized spacial score (nSPS) is 10.1. The van der Waals surface area contributed by atoms with Gasteiger partial charge in [0.05, 0.1) is 11.6 Å². The van der Waals surface area contributed by atoms with Gasteiger partial charge in [-0.2, -0.15) is 5.26 Å². The predicted octanol–water partition coefficient (Wildman–Crippen LogP) is 2.46. The van der Waals surface area contributed by atoms with Gasteiger partial charge < -0.3 is 15.3 Å². The third-order valence-corrected chi connectivity index (χ3v) is 2.95. The first-order valence-corrected chi connectivity index (χ1v) is 5.83. The van der Waals surface area contributed by atoms with Crippen molar-refractivity contribution in [3.8, 4) is 23.3 Å². The summed E-state index contributed by atoms with van der Waals surface area (Å²) >= 11 is 0. The number of hydrogen-bond acceptors (Lipinski definition) is 4. The zero-order chi connectivity index (χ0) is 13.8. The molecule has 2 rings (SSSR count). The lowest BCUT2D eigenvalue weighted by Gasteiger charge is -2.07. The predicted molar refractivity (Wildman–Crippen MR) is 70.0 cm³/mol. The SMILES string of the molecule is N#Cc1cccc(CCc2ccc(O)c(O)c2O)c1. The summed E-state index contributed by atoms with van der Waals surface area (Å²) in [6.07, 6.45) is 1.14. The average molecular weight is 255 g/mol. The Morgan fingerprint density at radius 3 is 2.47 bits per heavy atom. The molecule has 0 atom stereocenters. The van der Waals surface area contributed by atoms with E-state index in [-0.39, 0.29) is 11.5 Å². The summed E-state index contributed by atoms with van der Waals surface area (Å²) in [5, 5.41) is 37.2. The molecule has 3 N–H and O–H groups in total. The molecule has 0 saturated carbocycles. The Balaban J connectivity index is 2.15. The highest BCUT2D eigenvalue weighted by atomic mass is 16.3. The molecule has 0 aliphatic carbocycles. The first-order valence-electron chi connectivity index (χ1n) is 5.83. The lowest BCUT2D eigenvalue weighted by atomic mass is 10.0. The van der Waals surface area contributed by atoms with Crippen molar-refractivity contribution in [2.24, 2.45) is 0 Å². The molecule has 0 radical (unpaired) electrons. The Kier molecular flexibility index (Phi) is 3.58. The Labute approximate surface area is 110 Å². The monoisotopic (exact) mass is 255 g/mol. The lowest BCUT2D eigenvalue weighted by Crippen LogP contribution is -1.93. The van der Waals surface area contributed by atoms with E-state index >= 15 is 0 Å². The Hall–Kier alpha value is -2.67. The molecule has 0 amide bonds. The molecule has 2 aromatic rings. The number of phenols is 3. The van der Waals surface area contributed by atoms with Crippen LogP contribution in [0.4, 0.5) is 0 Å². The summed E-state index contributed by atoms with van der Waals surface area (Å²) < 4.78 is 0. The standard InChI is InChI=1S/C15H13NO3/c16-9-11-3-1-2-10(8-11)4-5-12-6-7-13(17)15(19)14(12)18/h1-3,6-8,17-19H,4-5H2. The van der Waals surface area contributed by atoms with Gasteiger partial charge in [-0.3, -0.25) is 0 Å². The summed E-state index contributed by atoms with van der Waals surface area (Å²) in [4.78, 5) is 0. The molecule has 4 nitrogen and oxygen atoms in total. The fourth-order valence-electron chi connectivity index (χ4n) is 1.89. The molecular weight excluding hydrogens is 242 g/mol. The average Bonchev–Trinajstić information content (AvgIpc) is 2.44. The molecule has 0 fully saturated rings. The van der Waals surface area contributed by atoms with Crippen LogP contribution in [0.1, 0.15) is 16.7 Å². The number of rotatable bonds is 3. The highest BCUT2D eigenvalue weighted by molar-refractivity contribution is 5.53. The molecule has 0 aromatic heterocycles. The van der Waals surface area contributed by atoms with Crippen molar-refractivity contribution < 1.29 is 15.3 Å². The Morgan fingerprint density at radius 2 is 1.74 bits per heavy atom. The molecule has 0 aliphatic rings. The molecule has 0 heterocycles. The van der Waals surface area contributed by atoms with Crippen molar-refractivity contribution in [1.29, 1.82) is 5.26 Å². The van der Waals surface area contributed by atoms with Crippen LogP contribution in [0.25, 0.3) is 0 Å². The van der Waals surface area contributed by atoms with Crippen molar-refractivity contribution in [2.45, 2.75) is 12.8 Å². The maximum absolute atomic E-state index is 9.69. The third-order valence-electron chi connectivity index (χ3n) is 2.95. The summed E-state index contributed by atoms with van der Waals surface area (Å²) in [6, 6.07) is 12.2. The fourth-order valence-corrected chi connectivity index (χ4v) is 1.89. The van der Waals surface area contributed by atoms with Crippen LogP contribution in [0.2, 0.25) is 0 Å². The van der Waals surface area contributed by atoms with Crippen LogP contribution >= 0.6 is 0 Å². The van der Waals surface area contributed by atoms with Crippen LogP contribution in [0.15, 0.2) is 36.4 Å². The summed E-state index contributed by atoms with van der Waals surface area (Å²) in [5.74, 6) is -1.13. The number of aryl methyl sites for hydroxylation is 2. The second-order valence-electron chi connectivity index (χ2n) is 4.25. The maximum atomic E-state index is 9.69. The molecule has 19 heavy (non-hydrogen) atoms. The van der Waals surface area contributed by atoms with Crippen molar-refractivity contribution in [3.63, 3.8) is 0 Å². The van der Waals surface area contributed by atoms with Crippen LogP contribution in [0.3, 0.4) is 0 Å². The van der Waals surface area contributed by atoms with Crippen molar-refractivity contribution in [1.82, 2.24) is 0 Å². The van der Waals surface area contributed by atoms with Gasteiger partial charge in [0.1, 0.15) is 0 Å². The number of hydrogen-bond donors (Lipinski definition) is 3. The van der Waals surface area contributed by atoms with Crippen LogP contribution in [-0.4, -0.2) is 15.3 Å². The first kappa shape index (κ1) is 12.8. The van der Waals surface area contributed by atoms with Gasteiger partial charge in [-0.25, -0.2) is 0 Å². The molecule has 96 valence electrons. The summed E-state index contributed by atoms with van der Waals surface area (Å²) in [6.45, 7) is 0. The zero-order valence-corrected chi connectivity index (χ0v) is 10.2. The number of aromatic hydroxyl groups is 3. The molecular formula is C15H13NO3. The van der Waals surface area contributed by atoms with Crippen LogP contribution in [0, 0.1) is 11.3 Å². The van der Waals surface area contributed by atoms with E-state index < -0.39 is 5.75 Å². The van der Waals surface area contributed by atoms with Gasteiger partial charge >= 0.3 is 0 Å². The van der Waals surface area contributed by atoms with E-state index in [0.717, 1.165) is 5.56 Å². The lowest BCUT2D eigenvalue weighted by molar-refractivity contribution is 0.365. The Bertz CT molecular complexity index is 644. The van der Waals surface area contributed by atoms with Crippen molar-refractivity contribution in [3.05, 3.63) is 53.1 Å². The number of nitriles is 1. The molecule has 0 saturated heterocycles. The van der Waals surface area contributed by atoms with Crippen LogP contribution < -0.4 is 0 Å². The highest BCUT2D eigenvalue weighted by Gasteiger charge is 2.10. The Morgan fingerprint density at radius 1 is 0.947 bits per heavy atom. The minimum absolute atomic E-state index is 0.295. The van der Waals surface area contributed by atoms with Gasteiger partial charge in [-0.15, -0.1) is 0 Å². The largest absolute Gasteiger partial charge is 0.504 e. The number of phenolic OH excluding ortho intramolecular Hbond substituents is 3. The second-order valence-corrected chi connectivity index (χ2v) is 4.25. The number of benzene rings is 2. The van der Waals surface area contributed by atoms with Gasteiger partial charge in [0.25, 0.3) is 0 Å². The van der Waals surface area contributed by atoms with Gasteiger partial charge in [0, 0.05) is 0 Å². The van der Waals surface area contributed by atoms with E-state index in [0.29, 0.717) is 24.0 Å². The first-order chi connectivity index (χ1) is 9.11. The highest BCUT2D eigenvalue weighted by Crippen LogP contribution is 2.37. The van der Waals surface area contributed by atoms with E-state index in [1.165, 1.54) is 6.07 Å². The second kappa shape index (κ2) is 5.32. The molecule has 2 aromatic carbocycles. The summed E-state index contributed by atoms with van der Waals surface area (Å²) in [5.41, 5.74) is 2.12. The molecule has 4 heteroatoms. The van der Waals surface area contributed by atoms with Gasteiger partial charge in [0.2, 0.25) is 5.75 Å². The topological polar surface area (TPSA) is 84.5 Å². The maximum Gasteiger partial charge on any atom is 0.200 e. The van der Waals surface area contributed by atoms with E-state index in [9.17, 15) is 15.3 Å². The minimum atomic E-state index is -0.497.